The molecule has 1 amide bonds. The average molecular weight is 339 g/mol. The van der Waals surface area contributed by atoms with Crippen LogP contribution >= 0.6 is 0 Å². The smallest absolute Gasteiger partial charge is 0.251 e. The van der Waals surface area contributed by atoms with Crippen molar-refractivity contribution < 1.29 is 14.6 Å². The summed E-state index contributed by atoms with van der Waals surface area (Å²) in [5, 5.41) is 12.8. The maximum absolute atomic E-state index is 12.6. The number of hydrogen-bond acceptors (Lipinski definition) is 3. The van der Waals surface area contributed by atoms with Crippen LogP contribution in [-0.4, -0.2) is 23.7 Å². The lowest BCUT2D eigenvalue weighted by Gasteiger charge is -2.26. The van der Waals surface area contributed by atoms with Gasteiger partial charge in [-0.3, -0.25) is 4.79 Å². The van der Waals surface area contributed by atoms with Gasteiger partial charge in [0.25, 0.3) is 5.91 Å². The summed E-state index contributed by atoms with van der Waals surface area (Å²) in [6.45, 7) is 0.972. The Balaban J connectivity index is 1.58. The Morgan fingerprint density at radius 2 is 1.84 bits per heavy atom. The number of para-hydroxylation sites is 1. The SMILES string of the molecule is O=C(NCC1CCCC(O)C1)c1ccccc1COc1ccccc1. The Bertz CT molecular complexity index is 687. The minimum absolute atomic E-state index is 0.0766. The largest absolute Gasteiger partial charge is 0.489 e. The second-order valence-electron chi connectivity index (χ2n) is 6.66. The first-order valence-electron chi connectivity index (χ1n) is 8.94. The highest BCUT2D eigenvalue weighted by Gasteiger charge is 2.21. The van der Waals surface area contributed by atoms with Gasteiger partial charge in [0.05, 0.1) is 6.10 Å². The topological polar surface area (TPSA) is 58.6 Å². The highest BCUT2D eigenvalue weighted by atomic mass is 16.5. The Labute approximate surface area is 148 Å². The van der Waals surface area contributed by atoms with E-state index in [4.69, 9.17) is 4.74 Å². The van der Waals surface area contributed by atoms with Crippen molar-refractivity contribution in [3.05, 3.63) is 65.7 Å². The van der Waals surface area contributed by atoms with Crippen LogP contribution in [0.15, 0.2) is 54.6 Å². The predicted molar refractivity (Wildman–Crippen MR) is 97.5 cm³/mol. The predicted octanol–water partition coefficient (Wildman–Crippen LogP) is 3.55. The Morgan fingerprint density at radius 3 is 2.64 bits per heavy atom. The van der Waals surface area contributed by atoms with Crippen molar-refractivity contribution in [3.63, 3.8) is 0 Å². The van der Waals surface area contributed by atoms with Crippen molar-refractivity contribution in [3.8, 4) is 5.75 Å². The zero-order valence-electron chi connectivity index (χ0n) is 14.4. The molecule has 0 bridgehead atoms. The summed E-state index contributed by atoms with van der Waals surface area (Å²) >= 11 is 0. The minimum Gasteiger partial charge on any atom is -0.489 e. The second kappa shape index (κ2) is 8.67. The average Bonchev–Trinajstić information content (AvgIpc) is 2.65. The summed E-state index contributed by atoms with van der Waals surface area (Å²) in [6.07, 6.45) is 3.53. The standard InChI is InChI=1S/C21H25NO3/c23-18-9-6-7-16(13-18)14-22-21(24)20-12-5-4-8-17(20)15-25-19-10-2-1-3-11-19/h1-5,8,10-12,16,18,23H,6-7,9,13-15H2,(H,22,24). The normalized spacial score (nSPS) is 20.0. The molecule has 0 aromatic heterocycles. The van der Waals surface area contributed by atoms with E-state index < -0.39 is 0 Å². The fourth-order valence-corrected chi connectivity index (χ4v) is 3.33. The molecule has 25 heavy (non-hydrogen) atoms. The van der Waals surface area contributed by atoms with Gasteiger partial charge in [-0.2, -0.15) is 0 Å². The molecular formula is C21H25NO3. The molecule has 2 atom stereocenters. The molecule has 1 aliphatic rings. The number of nitrogens with one attached hydrogen (secondary N) is 1. The number of aliphatic hydroxyl groups is 1. The molecule has 0 radical (unpaired) electrons. The lowest BCUT2D eigenvalue weighted by molar-refractivity contribution is 0.0872. The fourth-order valence-electron chi connectivity index (χ4n) is 3.33. The van der Waals surface area contributed by atoms with Gasteiger partial charge in [-0.1, -0.05) is 42.8 Å². The third-order valence-electron chi connectivity index (χ3n) is 4.71. The number of hydrogen-bond donors (Lipinski definition) is 2. The molecule has 132 valence electrons. The zero-order valence-corrected chi connectivity index (χ0v) is 14.4. The van der Waals surface area contributed by atoms with Gasteiger partial charge in [0, 0.05) is 17.7 Å². The molecule has 0 spiro atoms. The van der Waals surface area contributed by atoms with Crippen molar-refractivity contribution in [2.45, 2.75) is 38.4 Å². The van der Waals surface area contributed by atoms with Gasteiger partial charge in [0.1, 0.15) is 12.4 Å². The van der Waals surface area contributed by atoms with Crippen LogP contribution < -0.4 is 10.1 Å². The van der Waals surface area contributed by atoms with Crippen molar-refractivity contribution in [2.24, 2.45) is 5.92 Å². The van der Waals surface area contributed by atoms with E-state index >= 15 is 0 Å². The van der Waals surface area contributed by atoms with E-state index in [-0.39, 0.29) is 12.0 Å². The Hall–Kier alpha value is -2.33. The van der Waals surface area contributed by atoms with Crippen molar-refractivity contribution in [1.82, 2.24) is 5.32 Å². The highest BCUT2D eigenvalue weighted by molar-refractivity contribution is 5.95. The molecular weight excluding hydrogens is 314 g/mol. The monoisotopic (exact) mass is 339 g/mol. The third kappa shape index (κ3) is 5.07. The second-order valence-corrected chi connectivity index (χ2v) is 6.66. The van der Waals surface area contributed by atoms with E-state index in [9.17, 15) is 9.90 Å². The van der Waals surface area contributed by atoms with Crippen LogP contribution in [0.3, 0.4) is 0 Å². The maximum atomic E-state index is 12.6. The molecule has 2 unspecified atom stereocenters. The molecule has 1 aliphatic carbocycles. The molecule has 1 saturated carbocycles. The number of aliphatic hydroxyl groups excluding tert-OH is 1. The van der Waals surface area contributed by atoms with Crippen molar-refractivity contribution in [1.29, 1.82) is 0 Å². The van der Waals surface area contributed by atoms with Gasteiger partial charge < -0.3 is 15.2 Å². The van der Waals surface area contributed by atoms with Crippen LogP contribution in [0.2, 0.25) is 0 Å². The first-order chi connectivity index (χ1) is 12.2. The van der Waals surface area contributed by atoms with Gasteiger partial charge in [0.2, 0.25) is 0 Å². The number of benzene rings is 2. The van der Waals surface area contributed by atoms with E-state index in [0.717, 1.165) is 37.0 Å². The summed E-state index contributed by atoms with van der Waals surface area (Å²) in [7, 11) is 0. The van der Waals surface area contributed by atoms with Gasteiger partial charge in [-0.25, -0.2) is 0 Å². The molecule has 2 aromatic carbocycles. The Kier molecular flexibility index (Phi) is 6.07. The van der Waals surface area contributed by atoms with Gasteiger partial charge in [-0.15, -0.1) is 0 Å². The minimum atomic E-state index is -0.220. The van der Waals surface area contributed by atoms with E-state index in [1.807, 2.05) is 54.6 Å². The summed E-state index contributed by atoms with van der Waals surface area (Å²) in [5.74, 6) is 1.07. The van der Waals surface area contributed by atoms with Gasteiger partial charge in [0.15, 0.2) is 0 Å². The van der Waals surface area contributed by atoms with E-state index in [1.54, 1.807) is 0 Å². The molecule has 4 nitrogen and oxygen atoms in total. The zero-order chi connectivity index (χ0) is 17.5. The highest BCUT2D eigenvalue weighted by Crippen LogP contribution is 2.23. The molecule has 1 fully saturated rings. The van der Waals surface area contributed by atoms with Crippen molar-refractivity contribution >= 4 is 5.91 Å². The van der Waals surface area contributed by atoms with Crippen LogP contribution in [0.5, 0.6) is 5.75 Å². The Morgan fingerprint density at radius 1 is 1.08 bits per heavy atom. The molecule has 0 aliphatic heterocycles. The fraction of sp³-hybridized carbons (Fsp3) is 0.381. The van der Waals surface area contributed by atoms with Crippen LogP contribution in [0.4, 0.5) is 0 Å². The summed E-state index contributed by atoms with van der Waals surface area (Å²) in [6, 6.07) is 17.1. The number of amides is 1. The van der Waals surface area contributed by atoms with Gasteiger partial charge in [-0.05, 0) is 43.4 Å². The summed E-state index contributed by atoms with van der Waals surface area (Å²) in [4.78, 5) is 12.6. The van der Waals surface area contributed by atoms with Crippen LogP contribution in [0, 0.1) is 5.92 Å². The van der Waals surface area contributed by atoms with E-state index in [0.29, 0.717) is 24.6 Å². The van der Waals surface area contributed by atoms with Gasteiger partial charge >= 0.3 is 0 Å². The molecule has 3 rings (SSSR count). The summed E-state index contributed by atoms with van der Waals surface area (Å²) < 4.78 is 5.78. The molecule has 2 aromatic rings. The molecule has 2 N–H and O–H groups in total. The third-order valence-corrected chi connectivity index (χ3v) is 4.71. The number of carbonyl (C=O) groups is 1. The lowest BCUT2D eigenvalue weighted by Crippen LogP contribution is -2.33. The molecule has 4 heteroatoms. The van der Waals surface area contributed by atoms with Crippen LogP contribution in [-0.2, 0) is 6.61 Å². The van der Waals surface area contributed by atoms with E-state index in [2.05, 4.69) is 5.32 Å². The maximum Gasteiger partial charge on any atom is 0.251 e. The number of ether oxygens (including phenoxy) is 1. The molecule has 0 heterocycles. The lowest BCUT2D eigenvalue weighted by atomic mass is 9.87. The van der Waals surface area contributed by atoms with E-state index in [1.165, 1.54) is 0 Å². The first kappa shape index (κ1) is 17.5. The van der Waals surface area contributed by atoms with Crippen LogP contribution in [0.1, 0.15) is 41.6 Å². The first-order valence-corrected chi connectivity index (χ1v) is 8.94. The number of carbonyl (C=O) groups excluding carboxylic acids is 1. The van der Waals surface area contributed by atoms with Crippen molar-refractivity contribution in [2.75, 3.05) is 6.54 Å². The summed E-state index contributed by atoms with van der Waals surface area (Å²) in [5.41, 5.74) is 1.52. The number of rotatable bonds is 6. The van der Waals surface area contributed by atoms with Crippen LogP contribution in [0.25, 0.3) is 0 Å². The quantitative estimate of drug-likeness (QED) is 0.846. The molecule has 0 saturated heterocycles.